The largest absolute Gasteiger partial charge is 0.445 e. The van der Waals surface area contributed by atoms with Gasteiger partial charge in [-0.1, -0.05) is 161 Å². The van der Waals surface area contributed by atoms with Crippen LogP contribution in [0.4, 0.5) is 30.8 Å². The van der Waals surface area contributed by atoms with Gasteiger partial charge in [0.15, 0.2) is 0 Å². The van der Waals surface area contributed by atoms with Crippen molar-refractivity contribution >= 4 is 104 Å². The number of carbonyl (C=O) groups is 8. The number of benzene rings is 4. The Balaban J connectivity index is 0.000000116. The molecule has 0 bridgehead atoms. The van der Waals surface area contributed by atoms with E-state index in [0.29, 0.717) is 201 Å². The molecule has 31 nitrogen and oxygen atoms in total. The van der Waals surface area contributed by atoms with Gasteiger partial charge in [-0.3, -0.25) is 19.2 Å². The smallest absolute Gasteiger partial charge is 0.410 e. The summed E-state index contributed by atoms with van der Waals surface area (Å²) in [5, 5.41) is 19.2. The molecule has 22 rings (SSSR count). The Kier molecular flexibility index (Phi) is 30.8. The number of aliphatic hydroxyl groups excluding tert-OH is 1. The summed E-state index contributed by atoms with van der Waals surface area (Å²) in [5.41, 5.74) is 6.53. The molecule has 4 aromatic carbocycles. The number of Topliss-reactive ketones (excluding diaryl/α,β-unsaturated/α-hetero) is 3. The maximum Gasteiger partial charge on any atom is 0.410 e. The highest BCUT2D eigenvalue weighted by Gasteiger charge is 2.53. The third-order valence-corrected chi connectivity index (χ3v) is 30.8. The zero-order valence-corrected chi connectivity index (χ0v) is 77.7. The highest BCUT2D eigenvalue weighted by Crippen LogP contribution is 2.49. The van der Waals surface area contributed by atoms with Crippen molar-refractivity contribution in [1.29, 1.82) is 0 Å². The van der Waals surface area contributed by atoms with Crippen molar-refractivity contribution in [3.63, 3.8) is 0 Å². The predicted octanol–water partition coefficient (Wildman–Crippen LogP) is 13.6. The summed E-state index contributed by atoms with van der Waals surface area (Å²) in [6, 6.07) is 46.3. The lowest BCUT2D eigenvalue weighted by molar-refractivity contribution is -0.133. The molecule has 32 heteroatoms. The standard InChI is InChI=1S/C23H27N5O2.C17H23N5O2.C17H24N2O2.C16H19NO3.C15H17NO3.C7H11NO.C6H4ClN3/c1-15-19-12-28(23(29)30-13-16-6-4-3-5-7-16)11-17(19)10-20(15)27(2)22-18-8-9-24-21(18)25-14-26-22;1-10-13-7-22(15(24)8-23)6-11(13)5-14(10)21(2)17-12-3-4-18-16(12)19-9-20-17;1-12-15-10-19(9-14(15)8-16(12)18-2)17(20)21-11-13-6-4-3-5-7-13;1-11-14-9-17(8-13(14)7-15(11)18)16(19)20-10-12-5-3-2-4-6-12;17-14-6-12-8-16(9-13(12)7-14)15(18)19-10-11-4-2-1-3-5-11;9-7-1-5-3-8-4-6(5)2-7;7-5-4-1-2-8-6(4)10-3-9-5/h3-9,14-15,17,19-20H,10-13H2,1-2H3,(H,24,25,26);3-4,9-11,13-14,23H,5-8H2,1-2H3,(H,18,19,20);3-7,12,14-16,18H,8-11H2,1-2H3;2-6,11,13-14H,7-10H2,1H3;1-5,12-13H,6-10H2;5-6,8H,1-4H2;1-3H,(H,8,9,10)/t15-,17-,19-,20+;10-,11-,13-,14+;12-,14-,15-,16-;11-,13-,14-;12-,13+;5-,6+;/m1111.../s1. The summed E-state index contributed by atoms with van der Waals surface area (Å²) in [6.45, 7) is 19.4. The van der Waals surface area contributed by atoms with Crippen molar-refractivity contribution in [2.24, 2.45) is 94.7 Å². The van der Waals surface area contributed by atoms with Gasteiger partial charge in [-0.2, -0.15) is 0 Å². The number of aromatic amines is 3. The molecule has 133 heavy (non-hydrogen) atoms. The first-order valence-corrected chi connectivity index (χ1v) is 47.5. The van der Waals surface area contributed by atoms with Gasteiger partial charge in [0.2, 0.25) is 5.91 Å². The van der Waals surface area contributed by atoms with Crippen molar-refractivity contribution in [3.8, 4) is 0 Å². The zero-order chi connectivity index (χ0) is 92.9. The third-order valence-electron chi connectivity index (χ3n) is 30.5. The highest BCUT2D eigenvalue weighted by atomic mass is 35.5. The van der Waals surface area contributed by atoms with Crippen LogP contribution in [0.1, 0.15) is 101 Å². The number of halogens is 1. The molecular formula is C101H125ClN18O13. The van der Waals surface area contributed by atoms with Crippen LogP contribution in [0.5, 0.6) is 0 Å². The first-order chi connectivity index (χ1) is 64.5. The minimum atomic E-state index is -0.385. The van der Waals surface area contributed by atoms with Crippen LogP contribution < -0.4 is 20.4 Å². The number of ether oxygens (including phenoxy) is 4. The van der Waals surface area contributed by atoms with Gasteiger partial charge in [0.25, 0.3) is 0 Å². The van der Waals surface area contributed by atoms with Crippen molar-refractivity contribution < 1.29 is 62.4 Å². The fraction of sp³-hybridized carbons (Fsp3) is 0.505. The molecule has 0 unspecified atom stereocenters. The lowest BCUT2D eigenvalue weighted by Gasteiger charge is -2.31. The van der Waals surface area contributed by atoms with Crippen LogP contribution in [0.25, 0.3) is 33.1 Å². The van der Waals surface area contributed by atoms with E-state index in [1.54, 1.807) is 28.7 Å². The van der Waals surface area contributed by atoms with E-state index in [-0.39, 0.29) is 42.8 Å². The molecule has 6 aliphatic heterocycles. The number of aliphatic hydroxyl groups is 1. The highest BCUT2D eigenvalue weighted by molar-refractivity contribution is 6.33. The van der Waals surface area contributed by atoms with E-state index in [1.807, 2.05) is 181 Å². The minimum absolute atomic E-state index is 0.0897. The lowest BCUT2D eigenvalue weighted by atomic mass is 9.93. The Labute approximate surface area is 781 Å². The summed E-state index contributed by atoms with van der Waals surface area (Å²) in [5.74, 6) is 10.6. The molecule has 0 radical (unpaired) electrons. The van der Waals surface area contributed by atoms with Crippen molar-refractivity contribution in [2.75, 3.05) is 116 Å². The van der Waals surface area contributed by atoms with Crippen LogP contribution in [0.3, 0.4) is 0 Å². The molecule has 12 fully saturated rings. The summed E-state index contributed by atoms with van der Waals surface area (Å²) >= 11 is 5.73. The maximum absolute atomic E-state index is 12.6. The zero-order valence-electron chi connectivity index (χ0n) is 76.9. The maximum atomic E-state index is 12.6. The van der Waals surface area contributed by atoms with Gasteiger partial charge >= 0.3 is 24.4 Å². The normalized spacial score (nSPS) is 27.5. The van der Waals surface area contributed by atoms with E-state index in [4.69, 9.17) is 35.7 Å². The van der Waals surface area contributed by atoms with Crippen LogP contribution in [-0.4, -0.2) is 247 Å². The molecule has 5 amide bonds. The number of nitrogens with one attached hydrogen (secondary N) is 5. The predicted molar refractivity (Wildman–Crippen MR) is 504 cm³/mol. The second-order valence-electron chi connectivity index (χ2n) is 38.3. The average Bonchev–Trinajstić information content (AvgIpc) is 1.62. The first kappa shape index (κ1) is 94.3. The van der Waals surface area contributed by atoms with Crippen molar-refractivity contribution in [2.45, 2.75) is 124 Å². The molecule has 19 atom stereocenters. The SMILES string of the molecule is CN[C@@H]1C[C@@H]2CN(C(=O)OCc3ccccc3)C[C@@H]2[C@H]1C.C[C@@H]1[C@H]2CN(C(=O)CO)C[C@H]2C[C@@H]1N(C)c1ncnc2[nH]ccc12.C[C@@H]1[C@H]2CN(C(=O)OCc3ccccc3)C[C@H]2C[C@@H]1N(C)c1ncnc2[nH]ccc12.C[C@H]1C(=O)C[C@@H]2CN(C(=O)OCc3ccccc3)C[C@@H]21.Clc1ncnc2[nH]ccc12.O=C1C[C@@H]2CN(C(=O)OCc3ccccc3)C[C@@H]2C1.O=C1C[C@H]2CNC[C@H]2C1. The fourth-order valence-electron chi connectivity index (χ4n) is 23.0. The van der Waals surface area contributed by atoms with E-state index < -0.39 is 0 Å². The molecule has 6 N–H and O–H groups in total. The van der Waals surface area contributed by atoms with E-state index in [9.17, 15) is 38.4 Å². The van der Waals surface area contributed by atoms with E-state index in [2.05, 4.69) is 100 Å². The van der Waals surface area contributed by atoms with Gasteiger partial charge in [-0.15, -0.1) is 0 Å². The first-order valence-electron chi connectivity index (χ1n) is 47.1. The van der Waals surface area contributed by atoms with E-state index in [0.717, 1.165) is 145 Å². The van der Waals surface area contributed by atoms with Gasteiger partial charge in [-0.05, 0) is 169 Å². The van der Waals surface area contributed by atoms with Gasteiger partial charge in [0.1, 0.15) is 103 Å². The third kappa shape index (κ3) is 22.3. The number of fused-ring (bicyclic) bond motifs is 9. The number of anilines is 2. The van der Waals surface area contributed by atoms with Gasteiger partial charge in [0.05, 0.1) is 16.2 Å². The molecule has 12 aliphatic rings. The topological polar surface area (TPSA) is 365 Å². The summed E-state index contributed by atoms with van der Waals surface area (Å²) in [4.78, 5) is 143. The van der Waals surface area contributed by atoms with Crippen LogP contribution in [0.15, 0.2) is 177 Å². The number of likely N-dealkylation sites (tertiary alicyclic amines) is 5. The number of nitrogens with zero attached hydrogens (tertiary/aromatic N) is 13. The van der Waals surface area contributed by atoms with Gasteiger partial charge in [0, 0.05) is 154 Å². The molecule has 6 saturated carbocycles. The number of aromatic nitrogens is 9. The molecule has 6 aromatic heterocycles. The van der Waals surface area contributed by atoms with Crippen molar-refractivity contribution in [1.82, 2.24) is 80.0 Å². The number of hydrogen-bond acceptors (Lipinski definition) is 23. The number of carbonyl (C=O) groups excluding carboxylic acids is 8. The van der Waals surface area contributed by atoms with Crippen molar-refractivity contribution in [3.05, 3.63) is 205 Å². The van der Waals surface area contributed by atoms with Crippen LogP contribution in [0, 0.1) is 94.7 Å². The molecule has 10 aromatic rings. The Morgan fingerprint density at radius 1 is 0.414 bits per heavy atom. The van der Waals surface area contributed by atoms with Crippen LogP contribution in [0.2, 0.25) is 5.15 Å². The summed E-state index contributed by atoms with van der Waals surface area (Å²) in [7, 11) is 6.27. The Bertz CT molecular complexity index is 5590. The van der Waals surface area contributed by atoms with Crippen LogP contribution in [-0.2, 0) is 64.6 Å². The van der Waals surface area contributed by atoms with Gasteiger partial charge < -0.3 is 83.9 Å². The molecule has 6 saturated heterocycles. The fourth-order valence-corrected chi connectivity index (χ4v) is 23.2. The second kappa shape index (κ2) is 43.4. The molecular weight excluding hydrogens is 1710 g/mol. The summed E-state index contributed by atoms with van der Waals surface area (Å²) in [6.07, 6.45) is 16.2. The number of ketones is 3. The molecule has 0 spiro atoms. The monoisotopic (exact) mass is 1830 g/mol. The average molecular weight is 1830 g/mol. The van der Waals surface area contributed by atoms with E-state index >= 15 is 0 Å². The summed E-state index contributed by atoms with van der Waals surface area (Å²) < 4.78 is 21.6. The quantitative estimate of drug-likeness (QED) is 0.0435. The van der Waals surface area contributed by atoms with Gasteiger partial charge in [-0.25, -0.2) is 49.1 Å². The minimum Gasteiger partial charge on any atom is -0.445 e. The number of amides is 5. The molecule has 6 aliphatic carbocycles. The number of rotatable bonds is 14. The van der Waals surface area contributed by atoms with E-state index in [1.165, 1.54) is 12.7 Å². The Hall–Kier alpha value is -11.9. The Morgan fingerprint density at radius 3 is 1.15 bits per heavy atom. The second-order valence-corrected chi connectivity index (χ2v) is 38.7. The number of H-pyrrole nitrogens is 3. The Morgan fingerprint density at radius 2 is 0.759 bits per heavy atom. The lowest BCUT2D eigenvalue weighted by Crippen LogP contribution is -2.39. The molecule has 704 valence electrons. The van der Waals surface area contributed by atoms with Crippen LogP contribution >= 0.6 is 11.6 Å². The molecule has 12 heterocycles. The number of hydrogen-bond donors (Lipinski definition) is 6.